The summed E-state index contributed by atoms with van der Waals surface area (Å²) in [7, 11) is -7.94. The number of anilines is 1. The van der Waals surface area contributed by atoms with Crippen molar-refractivity contribution >= 4 is 37.5 Å². The number of benzene rings is 1. The fraction of sp³-hybridized carbons (Fsp3) is 0.619. The van der Waals surface area contributed by atoms with Crippen LogP contribution in [-0.4, -0.2) is 40.9 Å². The van der Waals surface area contributed by atoms with Gasteiger partial charge in [0.15, 0.2) is 0 Å². The van der Waals surface area contributed by atoms with Crippen molar-refractivity contribution in [1.29, 1.82) is 0 Å². The molecule has 3 rings (SSSR count). The summed E-state index contributed by atoms with van der Waals surface area (Å²) in [6, 6.07) is 4.25. The predicted octanol–water partition coefficient (Wildman–Crippen LogP) is 2.61. The van der Waals surface area contributed by atoms with E-state index in [1.54, 1.807) is 0 Å². The summed E-state index contributed by atoms with van der Waals surface area (Å²) in [4.78, 5) is 24.2. The van der Waals surface area contributed by atoms with Crippen molar-refractivity contribution < 1.29 is 26.4 Å². The SMILES string of the molecule is CCCCNC(=O)NS(=O)(=O)c1ccc(NS(=O)(=O)C[C@]23CC[C@H](CC2=O)C3(C)C)cc1. The second kappa shape index (κ2) is 8.66. The standard InChI is InChI=1S/C21H31N3O6S2/c1-4-5-12-22-19(26)24-32(29,30)17-8-6-16(7-9-17)23-31(27,28)14-21-11-10-15(13-18(21)25)20(21,2)3/h6-9,15,23H,4-5,10-14H2,1-3H3,(H2,22,24,26)/t15-,21-/m1/s1. The lowest BCUT2D eigenvalue weighted by Gasteiger charge is -2.36. The molecule has 2 fully saturated rings. The van der Waals surface area contributed by atoms with Crippen LogP contribution in [0.25, 0.3) is 0 Å². The van der Waals surface area contributed by atoms with Crippen LogP contribution in [-0.2, 0) is 24.8 Å². The molecule has 2 bridgehead atoms. The smallest absolute Gasteiger partial charge is 0.328 e. The number of amides is 2. The Morgan fingerprint density at radius 1 is 1.12 bits per heavy atom. The second-order valence-electron chi connectivity index (χ2n) is 9.27. The fourth-order valence-corrected chi connectivity index (χ4v) is 7.77. The zero-order valence-corrected chi connectivity index (χ0v) is 20.2. The van der Waals surface area contributed by atoms with E-state index in [-0.39, 0.29) is 33.5 Å². The molecule has 1 aromatic rings. The van der Waals surface area contributed by atoms with Gasteiger partial charge in [-0.25, -0.2) is 26.4 Å². The molecule has 2 aliphatic carbocycles. The van der Waals surface area contributed by atoms with E-state index in [1.165, 1.54) is 24.3 Å². The third-order valence-corrected chi connectivity index (χ3v) is 9.82. The number of rotatable bonds is 9. The number of fused-ring (bicyclic) bond motifs is 2. The van der Waals surface area contributed by atoms with Gasteiger partial charge in [0.1, 0.15) is 5.78 Å². The van der Waals surface area contributed by atoms with Crippen molar-refractivity contribution in [2.24, 2.45) is 16.7 Å². The van der Waals surface area contributed by atoms with Crippen LogP contribution in [0.5, 0.6) is 0 Å². The van der Waals surface area contributed by atoms with Crippen LogP contribution in [0.15, 0.2) is 29.2 Å². The summed E-state index contributed by atoms with van der Waals surface area (Å²) in [5.41, 5.74) is -1.08. The zero-order valence-electron chi connectivity index (χ0n) is 18.6. The molecule has 1 aromatic carbocycles. The van der Waals surface area contributed by atoms with E-state index < -0.39 is 31.5 Å². The number of nitrogens with one attached hydrogen (secondary N) is 3. The second-order valence-corrected chi connectivity index (χ2v) is 12.7. The first-order chi connectivity index (χ1) is 14.8. The average molecular weight is 486 g/mol. The molecule has 178 valence electrons. The van der Waals surface area contributed by atoms with Gasteiger partial charge in [0.2, 0.25) is 10.0 Å². The largest absolute Gasteiger partial charge is 0.337 e. The van der Waals surface area contributed by atoms with Crippen molar-refractivity contribution in [1.82, 2.24) is 10.0 Å². The summed E-state index contributed by atoms with van der Waals surface area (Å²) in [5.74, 6) is -0.0720. The molecule has 2 amide bonds. The highest BCUT2D eigenvalue weighted by molar-refractivity contribution is 7.92. The van der Waals surface area contributed by atoms with Crippen LogP contribution < -0.4 is 14.8 Å². The van der Waals surface area contributed by atoms with Crippen LogP contribution in [0.4, 0.5) is 10.5 Å². The number of Topliss-reactive ketones (excluding diaryl/α,β-unsaturated/α-hetero) is 1. The average Bonchev–Trinajstić information content (AvgIpc) is 3.02. The summed E-state index contributed by atoms with van der Waals surface area (Å²) in [6.07, 6.45) is 3.42. The highest BCUT2D eigenvalue weighted by Crippen LogP contribution is 2.64. The monoisotopic (exact) mass is 485 g/mol. The molecule has 32 heavy (non-hydrogen) atoms. The normalized spacial score (nSPS) is 24.3. The van der Waals surface area contributed by atoms with E-state index in [9.17, 15) is 26.4 Å². The maximum atomic E-state index is 12.9. The summed E-state index contributed by atoms with van der Waals surface area (Å²) in [5, 5.41) is 2.46. The van der Waals surface area contributed by atoms with Gasteiger partial charge in [-0.2, -0.15) is 0 Å². The molecular weight excluding hydrogens is 454 g/mol. The molecule has 3 N–H and O–H groups in total. The number of urea groups is 1. The van der Waals surface area contributed by atoms with E-state index in [0.29, 0.717) is 19.4 Å². The fourth-order valence-electron chi connectivity index (χ4n) is 4.95. The van der Waals surface area contributed by atoms with Crippen LogP contribution in [0.2, 0.25) is 0 Å². The molecule has 2 atom stereocenters. The molecule has 0 aromatic heterocycles. The number of carbonyl (C=O) groups excluding carboxylic acids is 2. The first-order valence-corrected chi connectivity index (χ1v) is 13.9. The van der Waals surface area contributed by atoms with Crippen LogP contribution in [0.3, 0.4) is 0 Å². The number of hydrogen-bond donors (Lipinski definition) is 3. The summed E-state index contributed by atoms with van der Waals surface area (Å²) < 4.78 is 54.8. The quantitative estimate of drug-likeness (QED) is 0.460. The number of carbonyl (C=O) groups is 2. The Bertz CT molecular complexity index is 1100. The van der Waals surface area contributed by atoms with Crippen LogP contribution in [0.1, 0.15) is 52.9 Å². The van der Waals surface area contributed by atoms with Crippen LogP contribution >= 0.6 is 0 Å². The Hall–Kier alpha value is -2.14. The minimum atomic E-state index is -4.09. The lowest BCUT2D eigenvalue weighted by molar-refractivity contribution is -0.128. The molecule has 0 unspecified atom stereocenters. The maximum Gasteiger partial charge on any atom is 0.328 e. The molecular formula is C21H31N3O6S2. The van der Waals surface area contributed by atoms with Crippen molar-refractivity contribution in [2.45, 2.75) is 57.8 Å². The minimum Gasteiger partial charge on any atom is -0.337 e. The van der Waals surface area contributed by atoms with E-state index in [1.807, 2.05) is 25.5 Å². The van der Waals surface area contributed by atoms with Gasteiger partial charge in [0.05, 0.1) is 16.1 Å². The first-order valence-electron chi connectivity index (χ1n) is 10.8. The van der Waals surface area contributed by atoms with Gasteiger partial charge in [0, 0.05) is 18.7 Å². The molecule has 0 aliphatic heterocycles. The van der Waals surface area contributed by atoms with Gasteiger partial charge in [-0.3, -0.25) is 9.52 Å². The Kier molecular flexibility index (Phi) is 6.63. The molecule has 0 spiro atoms. The highest BCUT2D eigenvalue weighted by Gasteiger charge is 2.65. The van der Waals surface area contributed by atoms with Gasteiger partial charge < -0.3 is 5.32 Å². The Morgan fingerprint density at radius 3 is 2.31 bits per heavy atom. The Balaban J connectivity index is 1.67. The van der Waals surface area contributed by atoms with Gasteiger partial charge in [-0.05, 0) is 54.9 Å². The van der Waals surface area contributed by atoms with Crippen molar-refractivity contribution in [3.8, 4) is 0 Å². The van der Waals surface area contributed by atoms with Gasteiger partial charge in [-0.15, -0.1) is 0 Å². The van der Waals surface area contributed by atoms with Crippen molar-refractivity contribution in [2.75, 3.05) is 17.0 Å². The molecule has 11 heteroatoms. The lowest BCUT2D eigenvalue weighted by Crippen LogP contribution is -2.43. The third-order valence-electron chi connectivity index (χ3n) is 7.06. The topological polar surface area (TPSA) is 139 Å². The van der Waals surface area contributed by atoms with E-state index in [4.69, 9.17) is 0 Å². The summed E-state index contributed by atoms with van der Waals surface area (Å²) >= 11 is 0. The third kappa shape index (κ3) is 4.63. The molecule has 2 aliphatic rings. The molecule has 0 saturated heterocycles. The van der Waals surface area contributed by atoms with Crippen LogP contribution in [0, 0.1) is 16.7 Å². The Morgan fingerprint density at radius 2 is 1.78 bits per heavy atom. The summed E-state index contributed by atoms with van der Waals surface area (Å²) in [6.45, 7) is 6.25. The zero-order chi connectivity index (χ0) is 23.8. The van der Waals surface area contributed by atoms with E-state index in [0.717, 1.165) is 19.3 Å². The molecule has 9 nitrogen and oxygen atoms in total. The molecule has 2 saturated carbocycles. The van der Waals surface area contributed by atoms with Gasteiger partial charge in [-0.1, -0.05) is 27.2 Å². The van der Waals surface area contributed by atoms with Gasteiger partial charge in [0.25, 0.3) is 10.0 Å². The molecule has 0 heterocycles. The maximum absolute atomic E-state index is 12.9. The first kappa shape index (κ1) is 24.5. The molecule has 0 radical (unpaired) electrons. The Labute approximate surface area is 189 Å². The number of ketones is 1. The predicted molar refractivity (Wildman–Crippen MR) is 121 cm³/mol. The van der Waals surface area contributed by atoms with Crippen molar-refractivity contribution in [3.63, 3.8) is 0 Å². The number of sulfonamides is 2. The van der Waals surface area contributed by atoms with Crippen molar-refractivity contribution in [3.05, 3.63) is 24.3 Å². The lowest BCUT2D eigenvalue weighted by atomic mass is 9.70. The van der Waals surface area contributed by atoms with E-state index >= 15 is 0 Å². The van der Waals surface area contributed by atoms with Gasteiger partial charge >= 0.3 is 6.03 Å². The highest BCUT2D eigenvalue weighted by atomic mass is 32.2. The number of unbranched alkanes of at least 4 members (excludes halogenated alkanes) is 1. The number of hydrogen-bond acceptors (Lipinski definition) is 6. The minimum absolute atomic E-state index is 0.00820. The van der Waals surface area contributed by atoms with E-state index in [2.05, 4.69) is 10.0 Å².